The molecule has 1 saturated carbocycles. The maximum Gasteiger partial charge on any atom is 0.198 e. The van der Waals surface area contributed by atoms with E-state index in [1.165, 1.54) is 18.1 Å². The lowest BCUT2D eigenvalue weighted by Gasteiger charge is -2.44. The number of rotatable bonds is 4. The first-order valence-electron chi connectivity index (χ1n) is 12.9. The van der Waals surface area contributed by atoms with Gasteiger partial charge in [0, 0.05) is 16.7 Å². The number of fused-ring (bicyclic) bond motifs is 6. The van der Waals surface area contributed by atoms with E-state index in [4.69, 9.17) is 0 Å². The average molecular weight is 457 g/mol. The average Bonchev–Trinajstić information content (AvgIpc) is 3.17. The van der Waals surface area contributed by atoms with Crippen molar-refractivity contribution in [1.82, 2.24) is 0 Å². The van der Waals surface area contributed by atoms with E-state index in [9.17, 15) is 14.7 Å². The second-order valence-electron chi connectivity index (χ2n) is 11.5. The molecule has 0 amide bonds. The Morgan fingerprint density at radius 3 is 2.38 bits per heavy atom. The van der Waals surface area contributed by atoms with Gasteiger partial charge in [0.2, 0.25) is 0 Å². The van der Waals surface area contributed by atoms with Crippen molar-refractivity contribution in [3.05, 3.63) is 75.9 Å². The smallest absolute Gasteiger partial charge is 0.198 e. The van der Waals surface area contributed by atoms with Gasteiger partial charge < -0.3 is 5.11 Å². The SMILES string of the molecule is CC(C)[C@@H](C)/C=C/[C@@H](C)[C@H]1CC[C@H]2c3ccc4c(c3CC[C@]12C)C(=O)c1cccc(O)c1C4=O. The highest BCUT2D eigenvalue weighted by molar-refractivity contribution is 6.29. The van der Waals surface area contributed by atoms with Gasteiger partial charge in [-0.25, -0.2) is 0 Å². The Morgan fingerprint density at radius 1 is 0.941 bits per heavy atom. The van der Waals surface area contributed by atoms with Gasteiger partial charge in [0.15, 0.2) is 11.6 Å². The molecule has 0 bridgehead atoms. The van der Waals surface area contributed by atoms with E-state index in [2.05, 4.69) is 52.8 Å². The van der Waals surface area contributed by atoms with E-state index in [0.29, 0.717) is 46.3 Å². The summed E-state index contributed by atoms with van der Waals surface area (Å²) in [6, 6.07) is 8.75. The van der Waals surface area contributed by atoms with Crippen LogP contribution in [0, 0.1) is 29.1 Å². The summed E-state index contributed by atoms with van der Waals surface area (Å²) in [5, 5.41) is 10.3. The maximum atomic E-state index is 13.6. The van der Waals surface area contributed by atoms with Gasteiger partial charge in [-0.05, 0) is 83.9 Å². The maximum absolute atomic E-state index is 13.6. The summed E-state index contributed by atoms with van der Waals surface area (Å²) in [6.45, 7) is 11.7. The number of carbonyl (C=O) groups is 2. The number of hydrogen-bond donors (Lipinski definition) is 1. The number of aromatic hydroxyl groups is 1. The number of allylic oxidation sites excluding steroid dienone is 2. The van der Waals surface area contributed by atoms with Gasteiger partial charge >= 0.3 is 0 Å². The fourth-order valence-electron chi connectivity index (χ4n) is 7.04. The Bertz CT molecular complexity index is 1200. The Morgan fingerprint density at radius 2 is 1.65 bits per heavy atom. The Labute approximate surface area is 203 Å². The van der Waals surface area contributed by atoms with Crippen molar-refractivity contribution in [2.45, 2.75) is 66.2 Å². The van der Waals surface area contributed by atoms with Gasteiger partial charge in [-0.2, -0.15) is 0 Å². The highest BCUT2D eigenvalue weighted by atomic mass is 16.3. The molecule has 3 nitrogen and oxygen atoms in total. The minimum atomic E-state index is -0.235. The molecular weight excluding hydrogens is 420 g/mol. The summed E-state index contributed by atoms with van der Waals surface area (Å²) in [4.78, 5) is 26.8. The lowest BCUT2D eigenvalue weighted by atomic mass is 9.60. The van der Waals surface area contributed by atoms with E-state index >= 15 is 0 Å². The topological polar surface area (TPSA) is 54.4 Å². The van der Waals surface area contributed by atoms with Crippen LogP contribution < -0.4 is 0 Å². The highest BCUT2D eigenvalue weighted by Gasteiger charge is 2.51. The van der Waals surface area contributed by atoms with E-state index in [1.807, 2.05) is 6.07 Å². The van der Waals surface area contributed by atoms with Crippen LogP contribution in [0.5, 0.6) is 5.75 Å². The molecule has 34 heavy (non-hydrogen) atoms. The van der Waals surface area contributed by atoms with Crippen LogP contribution in [0.25, 0.3) is 0 Å². The molecule has 5 rings (SSSR count). The molecule has 0 unspecified atom stereocenters. The largest absolute Gasteiger partial charge is 0.507 e. The number of phenols is 1. The van der Waals surface area contributed by atoms with Crippen molar-refractivity contribution in [3.8, 4) is 5.75 Å². The van der Waals surface area contributed by atoms with Crippen LogP contribution in [0.3, 0.4) is 0 Å². The van der Waals surface area contributed by atoms with Gasteiger partial charge in [0.1, 0.15) is 5.75 Å². The molecular formula is C31H36O3. The zero-order chi connectivity index (χ0) is 24.4. The Hall–Kier alpha value is -2.68. The normalized spacial score (nSPS) is 27.4. The summed E-state index contributed by atoms with van der Waals surface area (Å²) < 4.78 is 0. The molecule has 2 aromatic rings. The zero-order valence-corrected chi connectivity index (χ0v) is 21.0. The predicted octanol–water partition coefficient (Wildman–Crippen LogP) is 7.10. The summed E-state index contributed by atoms with van der Waals surface area (Å²) in [7, 11) is 0. The minimum absolute atomic E-state index is 0.112. The van der Waals surface area contributed by atoms with Gasteiger partial charge in [0.25, 0.3) is 0 Å². The summed E-state index contributed by atoms with van der Waals surface area (Å²) in [6.07, 6.45) is 9.03. The van der Waals surface area contributed by atoms with Crippen LogP contribution in [0.15, 0.2) is 42.5 Å². The third kappa shape index (κ3) is 3.31. The van der Waals surface area contributed by atoms with Crippen LogP contribution in [0.4, 0.5) is 0 Å². The first-order valence-corrected chi connectivity index (χ1v) is 12.9. The predicted molar refractivity (Wildman–Crippen MR) is 136 cm³/mol. The fraction of sp³-hybridized carbons (Fsp3) is 0.484. The molecule has 0 heterocycles. The van der Waals surface area contributed by atoms with Gasteiger partial charge in [-0.3, -0.25) is 9.59 Å². The molecule has 3 aliphatic rings. The summed E-state index contributed by atoms with van der Waals surface area (Å²) in [5.41, 5.74) is 4.07. The van der Waals surface area contributed by atoms with Crippen molar-refractivity contribution >= 4 is 11.6 Å². The fourth-order valence-corrected chi connectivity index (χ4v) is 7.04. The molecule has 0 spiro atoms. The van der Waals surface area contributed by atoms with Crippen LogP contribution in [0.2, 0.25) is 0 Å². The number of phenolic OH excluding ortho intramolecular Hbond substituents is 1. The van der Waals surface area contributed by atoms with Crippen LogP contribution in [0.1, 0.15) is 103 Å². The highest BCUT2D eigenvalue weighted by Crippen LogP contribution is 2.61. The lowest BCUT2D eigenvalue weighted by Crippen LogP contribution is -2.36. The number of benzene rings is 2. The molecule has 2 aromatic carbocycles. The second kappa shape index (κ2) is 8.22. The second-order valence-corrected chi connectivity index (χ2v) is 11.5. The first-order chi connectivity index (χ1) is 16.1. The van der Waals surface area contributed by atoms with E-state index in [1.54, 1.807) is 12.1 Å². The molecule has 3 aliphatic carbocycles. The standard InChI is InChI=1S/C31H36O3/c1-17(2)18(3)9-10-19(4)24-13-14-25-20-11-12-23-27(21(20)15-16-31(24,25)5)29(33)22-7-6-8-26(32)28(22)30(23)34/h6-12,17-19,24-25,32H,13-16H2,1-5H3/b10-9+/t18-,19+,24+,25-,31+/m0/s1. The summed E-state index contributed by atoms with van der Waals surface area (Å²) >= 11 is 0. The van der Waals surface area contributed by atoms with Crippen molar-refractivity contribution in [1.29, 1.82) is 0 Å². The van der Waals surface area contributed by atoms with Crippen LogP contribution >= 0.6 is 0 Å². The molecule has 0 radical (unpaired) electrons. The lowest BCUT2D eigenvalue weighted by molar-refractivity contribution is 0.0973. The van der Waals surface area contributed by atoms with Gasteiger partial charge in [-0.15, -0.1) is 0 Å². The monoisotopic (exact) mass is 456 g/mol. The van der Waals surface area contributed by atoms with Gasteiger partial charge in [0.05, 0.1) is 5.56 Å². The molecule has 0 saturated heterocycles. The molecule has 1 N–H and O–H groups in total. The zero-order valence-electron chi connectivity index (χ0n) is 21.0. The van der Waals surface area contributed by atoms with Crippen molar-refractivity contribution in [3.63, 3.8) is 0 Å². The Balaban J connectivity index is 1.51. The molecule has 178 valence electrons. The van der Waals surface area contributed by atoms with E-state index in [-0.39, 0.29) is 28.3 Å². The van der Waals surface area contributed by atoms with Crippen LogP contribution in [-0.2, 0) is 6.42 Å². The molecule has 5 atom stereocenters. The number of carbonyl (C=O) groups excluding carboxylic acids is 2. The Kier molecular flexibility index (Phi) is 5.58. The minimum Gasteiger partial charge on any atom is -0.507 e. The molecule has 0 aromatic heterocycles. The van der Waals surface area contributed by atoms with Crippen molar-refractivity contribution in [2.75, 3.05) is 0 Å². The first kappa shape index (κ1) is 23.1. The third-order valence-electron chi connectivity index (χ3n) is 9.44. The number of ketones is 2. The molecule has 1 fully saturated rings. The molecule has 0 aliphatic heterocycles. The number of hydrogen-bond acceptors (Lipinski definition) is 3. The van der Waals surface area contributed by atoms with Crippen molar-refractivity contribution < 1.29 is 14.7 Å². The van der Waals surface area contributed by atoms with E-state index in [0.717, 1.165) is 24.8 Å². The van der Waals surface area contributed by atoms with Gasteiger partial charge in [-0.1, -0.05) is 65.0 Å². The summed E-state index contributed by atoms with van der Waals surface area (Å²) in [5.74, 6) is 2.32. The third-order valence-corrected chi connectivity index (χ3v) is 9.44. The van der Waals surface area contributed by atoms with Crippen molar-refractivity contribution in [2.24, 2.45) is 29.1 Å². The quantitative estimate of drug-likeness (QED) is 0.426. The molecule has 3 heteroatoms. The van der Waals surface area contributed by atoms with Crippen LogP contribution in [-0.4, -0.2) is 16.7 Å². The van der Waals surface area contributed by atoms with E-state index < -0.39 is 0 Å².